The van der Waals surface area contributed by atoms with Gasteiger partial charge in [0.25, 0.3) is 0 Å². The van der Waals surface area contributed by atoms with Gasteiger partial charge in [-0.2, -0.15) is 0 Å². The number of rotatable bonds is 8. The number of hydrogen-bond donors (Lipinski definition) is 0. The Bertz CT molecular complexity index is 435. The normalized spacial score (nSPS) is 11.7. The van der Waals surface area contributed by atoms with Gasteiger partial charge < -0.3 is 0 Å². The maximum Gasteiger partial charge on any atom is 0.229 e. The fourth-order valence-electron chi connectivity index (χ4n) is 1.65. The first-order chi connectivity index (χ1) is 8.56. The summed E-state index contributed by atoms with van der Waals surface area (Å²) in [6.07, 6.45) is 5.78. The average Bonchev–Trinajstić information content (AvgIpc) is 2.34. The van der Waals surface area contributed by atoms with Crippen LogP contribution in [0.4, 0.5) is 0 Å². The summed E-state index contributed by atoms with van der Waals surface area (Å²) >= 11 is 0. The van der Waals surface area contributed by atoms with Crippen molar-refractivity contribution >= 4 is 19.7 Å². The highest BCUT2D eigenvalue weighted by Gasteiger charge is 2.14. The SMILES string of the molecule is CCCCCCCSS(=O)(=O)c1ccc(C)cc1. The highest BCUT2D eigenvalue weighted by molar-refractivity contribution is 8.72. The van der Waals surface area contributed by atoms with Gasteiger partial charge >= 0.3 is 0 Å². The van der Waals surface area contributed by atoms with Gasteiger partial charge in [-0.15, -0.1) is 0 Å². The molecule has 0 atom stereocenters. The van der Waals surface area contributed by atoms with Crippen LogP contribution in [0.5, 0.6) is 0 Å². The topological polar surface area (TPSA) is 34.1 Å². The van der Waals surface area contributed by atoms with Crippen molar-refractivity contribution in [3.63, 3.8) is 0 Å². The Morgan fingerprint density at radius 2 is 1.61 bits per heavy atom. The highest BCUT2D eigenvalue weighted by atomic mass is 33.1. The summed E-state index contributed by atoms with van der Waals surface area (Å²) < 4.78 is 24.0. The van der Waals surface area contributed by atoms with Crippen molar-refractivity contribution in [3.8, 4) is 0 Å². The lowest BCUT2D eigenvalue weighted by Gasteiger charge is -2.04. The molecule has 1 aromatic rings. The van der Waals surface area contributed by atoms with Gasteiger partial charge in [0.05, 0.1) is 4.90 Å². The van der Waals surface area contributed by atoms with Crippen LogP contribution in [0.2, 0.25) is 0 Å². The van der Waals surface area contributed by atoms with E-state index in [9.17, 15) is 8.42 Å². The molecule has 0 aliphatic rings. The molecular weight excluding hydrogens is 264 g/mol. The Labute approximate surface area is 114 Å². The van der Waals surface area contributed by atoms with Gasteiger partial charge in [-0.3, -0.25) is 0 Å². The van der Waals surface area contributed by atoms with E-state index in [1.54, 1.807) is 12.1 Å². The molecule has 0 N–H and O–H groups in total. The van der Waals surface area contributed by atoms with E-state index in [-0.39, 0.29) is 0 Å². The molecule has 102 valence electrons. The maximum absolute atomic E-state index is 12.0. The molecule has 0 bridgehead atoms. The summed E-state index contributed by atoms with van der Waals surface area (Å²) in [5, 5.41) is 0. The van der Waals surface area contributed by atoms with E-state index in [2.05, 4.69) is 6.92 Å². The molecule has 0 radical (unpaired) electrons. The van der Waals surface area contributed by atoms with Gasteiger partial charge in [0.1, 0.15) is 0 Å². The summed E-state index contributed by atoms with van der Waals surface area (Å²) in [4.78, 5) is 0.423. The average molecular weight is 286 g/mol. The molecule has 1 aromatic carbocycles. The molecule has 0 saturated carbocycles. The first kappa shape index (κ1) is 15.6. The molecule has 0 aromatic heterocycles. The minimum atomic E-state index is -3.15. The van der Waals surface area contributed by atoms with Gasteiger partial charge in [-0.1, -0.05) is 50.3 Å². The van der Waals surface area contributed by atoms with Gasteiger partial charge in [0.2, 0.25) is 8.87 Å². The predicted molar refractivity (Wildman–Crippen MR) is 79.6 cm³/mol. The molecule has 1 rings (SSSR count). The van der Waals surface area contributed by atoms with E-state index in [4.69, 9.17) is 0 Å². The molecule has 4 heteroatoms. The van der Waals surface area contributed by atoms with E-state index in [1.165, 1.54) is 19.3 Å². The van der Waals surface area contributed by atoms with Crippen LogP contribution in [-0.2, 0) is 8.87 Å². The third kappa shape index (κ3) is 5.44. The van der Waals surface area contributed by atoms with E-state index in [0.717, 1.165) is 29.2 Å². The zero-order chi connectivity index (χ0) is 13.4. The second-order valence-corrected chi connectivity index (χ2v) is 8.55. The van der Waals surface area contributed by atoms with E-state index < -0.39 is 8.87 Å². The largest absolute Gasteiger partial charge is 0.229 e. The third-order valence-corrected chi connectivity index (χ3v) is 6.42. The number of hydrogen-bond acceptors (Lipinski definition) is 3. The van der Waals surface area contributed by atoms with Crippen molar-refractivity contribution in [1.29, 1.82) is 0 Å². The smallest absolute Gasteiger partial charge is 0.212 e. The summed E-state index contributed by atoms with van der Waals surface area (Å²) in [5.74, 6) is 0.694. The molecule has 0 fully saturated rings. The van der Waals surface area contributed by atoms with Crippen LogP contribution in [0.1, 0.15) is 44.6 Å². The van der Waals surface area contributed by atoms with Crippen molar-refractivity contribution in [3.05, 3.63) is 29.8 Å². The fraction of sp³-hybridized carbons (Fsp3) is 0.571. The van der Waals surface area contributed by atoms with Crippen LogP contribution in [0.25, 0.3) is 0 Å². The molecule has 0 aliphatic carbocycles. The van der Waals surface area contributed by atoms with Crippen LogP contribution >= 0.6 is 10.8 Å². The van der Waals surface area contributed by atoms with Crippen LogP contribution in [0, 0.1) is 6.92 Å². The minimum Gasteiger partial charge on any atom is -0.212 e. The van der Waals surface area contributed by atoms with Crippen molar-refractivity contribution in [2.75, 3.05) is 5.75 Å². The molecule has 2 nitrogen and oxygen atoms in total. The summed E-state index contributed by atoms with van der Waals surface area (Å²) in [6, 6.07) is 7.06. The Hall–Kier alpha value is -0.480. The van der Waals surface area contributed by atoms with E-state index >= 15 is 0 Å². The van der Waals surface area contributed by atoms with Crippen LogP contribution in [-0.4, -0.2) is 14.2 Å². The summed E-state index contributed by atoms with van der Waals surface area (Å²) in [6.45, 7) is 4.13. The molecule has 0 unspecified atom stereocenters. The Kier molecular flexibility index (Phi) is 6.79. The van der Waals surface area contributed by atoms with Crippen LogP contribution in [0.15, 0.2) is 29.2 Å². The molecule has 0 saturated heterocycles. The van der Waals surface area contributed by atoms with E-state index in [0.29, 0.717) is 10.6 Å². The van der Waals surface area contributed by atoms with Gasteiger partial charge in [-0.25, -0.2) is 8.42 Å². The standard InChI is InChI=1S/C14H22O2S2/c1-3-4-5-6-7-12-17-18(15,16)14-10-8-13(2)9-11-14/h8-11H,3-7,12H2,1-2H3. The van der Waals surface area contributed by atoms with Crippen molar-refractivity contribution in [2.24, 2.45) is 0 Å². The molecule has 0 amide bonds. The second-order valence-electron chi connectivity index (χ2n) is 4.50. The first-order valence-electron chi connectivity index (χ1n) is 6.52. The monoisotopic (exact) mass is 286 g/mol. The van der Waals surface area contributed by atoms with Gasteiger partial charge in [-0.05, 0) is 36.3 Å². The summed E-state index contributed by atoms with van der Waals surface area (Å²) in [7, 11) is -2.09. The van der Waals surface area contributed by atoms with Crippen molar-refractivity contribution < 1.29 is 8.42 Å². The van der Waals surface area contributed by atoms with Crippen molar-refractivity contribution in [2.45, 2.75) is 50.8 Å². The molecular formula is C14H22O2S2. The number of benzene rings is 1. The highest BCUT2D eigenvalue weighted by Crippen LogP contribution is 2.24. The van der Waals surface area contributed by atoms with Gasteiger partial charge in [0.15, 0.2) is 0 Å². The van der Waals surface area contributed by atoms with Crippen molar-refractivity contribution in [1.82, 2.24) is 0 Å². The second kappa shape index (κ2) is 7.85. The van der Waals surface area contributed by atoms with Crippen LogP contribution < -0.4 is 0 Å². The lowest BCUT2D eigenvalue weighted by Crippen LogP contribution is -1.97. The van der Waals surface area contributed by atoms with Gasteiger partial charge in [0, 0.05) is 5.75 Å². The molecule has 0 heterocycles. The minimum absolute atomic E-state index is 0.423. The Morgan fingerprint density at radius 1 is 1.00 bits per heavy atom. The lowest BCUT2D eigenvalue weighted by molar-refractivity contribution is 0.610. The predicted octanol–water partition coefficient (Wildman–Crippen LogP) is 4.39. The first-order valence-corrected chi connectivity index (χ1v) is 9.51. The zero-order valence-corrected chi connectivity index (χ0v) is 12.8. The number of unbranched alkanes of at least 4 members (excludes halogenated alkanes) is 4. The molecule has 18 heavy (non-hydrogen) atoms. The Morgan fingerprint density at radius 3 is 2.22 bits per heavy atom. The number of aryl methyl sites for hydroxylation is 1. The fourth-order valence-corrected chi connectivity index (χ4v) is 4.55. The third-order valence-electron chi connectivity index (χ3n) is 2.80. The molecule has 0 aliphatic heterocycles. The zero-order valence-electron chi connectivity index (χ0n) is 11.2. The lowest BCUT2D eigenvalue weighted by atomic mass is 10.2. The molecule has 0 spiro atoms. The summed E-state index contributed by atoms with van der Waals surface area (Å²) in [5.41, 5.74) is 1.08. The maximum atomic E-state index is 12.0. The quantitative estimate of drug-likeness (QED) is 0.525. The Balaban J connectivity index is 2.38. The van der Waals surface area contributed by atoms with E-state index in [1.807, 2.05) is 19.1 Å². The van der Waals surface area contributed by atoms with Crippen LogP contribution in [0.3, 0.4) is 0 Å².